The maximum atomic E-state index is 10.9. The molecule has 0 aliphatic rings. The van der Waals surface area contributed by atoms with Crippen LogP contribution in [0.5, 0.6) is 0 Å². The van der Waals surface area contributed by atoms with Gasteiger partial charge in [-0.2, -0.15) is 0 Å². The van der Waals surface area contributed by atoms with Crippen LogP contribution in [0.15, 0.2) is 24.4 Å². The fourth-order valence-electron chi connectivity index (χ4n) is 2.40. The molecule has 0 saturated heterocycles. The second-order valence-electron chi connectivity index (χ2n) is 6.01. The molecule has 0 bridgehead atoms. The Labute approximate surface area is 113 Å². The molecule has 0 fully saturated rings. The Balaban J connectivity index is 2.62. The third kappa shape index (κ3) is 2.65. The van der Waals surface area contributed by atoms with Crippen LogP contribution in [0.4, 0.5) is 0 Å². The fourth-order valence-corrected chi connectivity index (χ4v) is 2.40. The van der Waals surface area contributed by atoms with Crippen LogP contribution >= 0.6 is 0 Å². The molecule has 102 valence electrons. The molecule has 1 aromatic heterocycles. The van der Waals surface area contributed by atoms with Crippen LogP contribution < -0.4 is 0 Å². The summed E-state index contributed by atoms with van der Waals surface area (Å²) >= 11 is 0. The van der Waals surface area contributed by atoms with E-state index in [1.165, 1.54) is 16.5 Å². The molecule has 0 amide bonds. The van der Waals surface area contributed by atoms with Gasteiger partial charge in [0, 0.05) is 17.1 Å². The van der Waals surface area contributed by atoms with Gasteiger partial charge in [0.25, 0.3) is 0 Å². The van der Waals surface area contributed by atoms with Crippen molar-refractivity contribution in [3.05, 3.63) is 35.5 Å². The second kappa shape index (κ2) is 4.72. The van der Waals surface area contributed by atoms with Crippen molar-refractivity contribution in [2.24, 2.45) is 0 Å². The molecule has 0 spiro atoms. The lowest BCUT2D eigenvalue weighted by Crippen LogP contribution is -2.11. The van der Waals surface area contributed by atoms with E-state index in [-0.39, 0.29) is 12.0 Å². The summed E-state index contributed by atoms with van der Waals surface area (Å²) in [5.41, 5.74) is 3.60. The highest BCUT2D eigenvalue weighted by molar-refractivity contribution is 5.86. The number of hydrogen-bond acceptors (Lipinski definition) is 1. The Bertz CT molecular complexity index is 617. The van der Waals surface area contributed by atoms with E-state index < -0.39 is 5.97 Å². The van der Waals surface area contributed by atoms with E-state index in [1.807, 2.05) is 16.8 Å². The van der Waals surface area contributed by atoms with E-state index in [2.05, 4.69) is 39.8 Å². The van der Waals surface area contributed by atoms with Gasteiger partial charge in [-0.15, -0.1) is 0 Å². The molecule has 0 radical (unpaired) electrons. The summed E-state index contributed by atoms with van der Waals surface area (Å²) in [6.07, 6.45) is 2.88. The predicted molar refractivity (Wildman–Crippen MR) is 77.7 cm³/mol. The van der Waals surface area contributed by atoms with Gasteiger partial charge in [0.2, 0.25) is 0 Å². The number of nitrogens with zero attached hydrogens (tertiary/aromatic N) is 1. The SMILES string of the molecule is CCc1cn(CC(=O)O)c2ccc(C(C)(C)C)cc12. The third-order valence-electron chi connectivity index (χ3n) is 3.52. The number of hydrogen-bond donors (Lipinski definition) is 1. The topological polar surface area (TPSA) is 42.2 Å². The summed E-state index contributed by atoms with van der Waals surface area (Å²) in [4.78, 5) is 10.9. The molecule has 0 unspecified atom stereocenters. The first-order valence-corrected chi connectivity index (χ1v) is 6.67. The number of aliphatic carboxylic acids is 1. The molecule has 1 N–H and O–H groups in total. The first kappa shape index (κ1) is 13.7. The molecule has 2 rings (SSSR count). The van der Waals surface area contributed by atoms with Gasteiger partial charge in [0.15, 0.2) is 0 Å². The van der Waals surface area contributed by atoms with Gasteiger partial charge in [-0.3, -0.25) is 4.79 Å². The number of carboxylic acids is 1. The molecule has 3 heteroatoms. The van der Waals surface area contributed by atoms with Gasteiger partial charge in [0.05, 0.1) is 0 Å². The zero-order chi connectivity index (χ0) is 14.2. The van der Waals surface area contributed by atoms with Gasteiger partial charge in [-0.05, 0) is 35.1 Å². The van der Waals surface area contributed by atoms with E-state index in [0.717, 1.165) is 11.9 Å². The van der Waals surface area contributed by atoms with Crippen molar-refractivity contribution in [2.45, 2.75) is 46.1 Å². The van der Waals surface area contributed by atoms with E-state index >= 15 is 0 Å². The highest BCUT2D eigenvalue weighted by Gasteiger charge is 2.16. The first-order valence-electron chi connectivity index (χ1n) is 6.67. The maximum absolute atomic E-state index is 10.9. The zero-order valence-electron chi connectivity index (χ0n) is 12.0. The van der Waals surface area contributed by atoms with Crippen LogP contribution in [0.25, 0.3) is 10.9 Å². The minimum Gasteiger partial charge on any atom is -0.480 e. The van der Waals surface area contributed by atoms with Crippen molar-refractivity contribution in [1.29, 1.82) is 0 Å². The Hall–Kier alpha value is -1.77. The van der Waals surface area contributed by atoms with Gasteiger partial charge in [-0.25, -0.2) is 0 Å². The predicted octanol–water partition coefficient (Wildman–Crippen LogP) is 3.59. The van der Waals surface area contributed by atoms with Gasteiger partial charge < -0.3 is 9.67 Å². The van der Waals surface area contributed by atoms with Crippen LogP contribution in [-0.4, -0.2) is 15.6 Å². The van der Waals surface area contributed by atoms with E-state index in [4.69, 9.17) is 5.11 Å². The van der Waals surface area contributed by atoms with E-state index in [9.17, 15) is 4.79 Å². The number of aromatic nitrogens is 1. The zero-order valence-corrected chi connectivity index (χ0v) is 12.0. The van der Waals surface area contributed by atoms with Crippen LogP contribution in [0.3, 0.4) is 0 Å². The number of fused-ring (bicyclic) bond motifs is 1. The quantitative estimate of drug-likeness (QED) is 0.915. The molecular formula is C16H21NO2. The Kier molecular flexibility index (Phi) is 3.40. The Morgan fingerprint density at radius 2 is 2.00 bits per heavy atom. The molecular weight excluding hydrogens is 238 g/mol. The number of benzene rings is 1. The van der Waals surface area contributed by atoms with Crippen molar-refractivity contribution in [3.8, 4) is 0 Å². The summed E-state index contributed by atoms with van der Waals surface area (Å²) < 4.78 is 1.82. The van der Waals surface area contributed by atoms with E-state index in [0.29, 0.717) is 0 Å². The minimum atomic E-state index is -0.806. The fraction of sp³-hybridized carbons (Fsp3) is 0.438. The van der Waals surface area contributed by atoms with Gasteiger partial charge in [0.1, 0.15) is 6.54 Å². The van der Waals surface area contributed by atoms with Crippen molar-refractivity contribution in [3.63, 3.8) is 0 Å². The lowest BCUT2D eigenvalue weighted by atomic mass is 9.86. The third-order valence-corrected chi connectivity index (χ3v) is 3.52. The summed E-state index contributed by atoms with van der Waals surface area (Å²) in [5, 5.41) is 10.1. The average molecular weight is 259 g/mol. The second-order valence-corrected chi connectivity index (χ2v) is 6.01. The molecule has 0 saturated carbocycles. The summed E-state index contributed by atoms with van der Waals surface area (Å²) in [6, 6.07) is 6.34. The molecule has 1 aromatic carbocycles. The monoisotopic (exact) mass is 259 g/mol. The van der Waals surface area contributed by atoms with Crippen molar-refractivity contribution < 1.29 is 9.90 Å². The molecule has 19 heavy (non-hydrogen) atoms. The minimum absolute atomic E-state index is 0.0192. The highest BCUT2D eigenvalue weighted by Crippen LogP contribution is 2.29. The number of carboxylic acid groups (broad SMARTS) is 1. The van der Waals surface area contributed by atoms with Crippen LogP contribution in [-0.2, 0) is 23.2 Å². The largest absolute Gasteiger partial charge is 0.480 e. The summed E-state index contributed by atoms with van der Waals surface area (Å²) in [6.45, 7) is 8.69. The van der Waals surface area contributed by atoms with Crippen LogP contribution in [0.2, 0.25) is 0 Å². The Morgan fingerprint density at radius 1 is 1.32 bits per heavy atom. The van der Waals surface area contributed by atoms with Crippen molar-refractivity contribution >= 4 is 16.9 Å². The van der Waals surface area contributed by atoms with Crippen LogP contribution in [0, 0.1) is 0 Å². The average Bonchev–Trinajstić information content (AvgIpc) is 2.65. The van der Waals surface area contributed by atoms with Crippen molar-refractivity contribution in [1.82, 2.24) is 4.57 Å². The van der Waals surface area contributed by atoms with Crippen molar-refractivity contribution in [2.75, 3.05) is 0 Å². The molecule has 0 aliphatic heterocycles. The standard InChI is InChI=1S/C16H21NO2/c1-5-11-9-17(10-15(18)19)14-7-6-12(8-13(11)14)16(2,3)4/h6-9H,5,10H2,1-4H3,(H,18,19). The molecule has 2 aromatic rings. The summed E-state index contributed by atoms with van der Waals surface area (Å²) in [5.74, 6) is -0.806. The maximum Gasteiger partial charge on any atom is 0.323 e. The Morgan fingerprint density at radius 3 is 2.53 bits per heavy atom. The number of carbonyl (C=O) groups is 1. The van der Waals surface area contributed by atoms with Gasteiger partial charge >= 0.3 is 5.97 Å². The normalized spacial score (nSPS) is 12.0. The molecule has 0 aliphatic carbocycles. The van der Waals surface area contributed by atoms with Crippen LogP contribution in [0.1, 0.15) is 38.8 Å². The molecule has 0 atom stereocenters. The summed E-state index contributed by atoms with van der Waals surface area (Å²) in [7, 11) is 0. The van der Waals surface area contributed by atoms with Gasteiger partial charge in [-0.1, -0.05) is 33.8 Å². The smallest absolute Gasteiger partial charge is 0.323 e. The van der Waals surface area contributed by atoms with E-state index in [1.54, 1.807) is 0 Å². The molecule has 3 nitrogen and oxygen atoms in total. The number of aryl methyl sites for hydroxylation is 1. The lowest BCUT2D eigenvalue weighted by Gasteiger charge is -2.19. The highest BCUT2D eigenvalue weighted by atomic mass is 16.4. The molecule has 1 heterocycles. The first-order chi connectivity index (χ1) is 8.82. The number of rotatable bonds is 3. The lowest BCUT2D eigenvalue weighted by molar-refractivity contribution is -0.137.